The van der Waals surface area contributed by atoms with Gasteiger partial charge in [0, 0.05) is 0 Å². The molecule has 0 bridgehead atoms. The molecule has 7 heavy (non-hydrogen) atoms. The molecule has 0 saturated carbocycles. The molecule has 0 N–H and O–H groups in total. The van der Waals surface area contributed by atoms with E-state index in [0.717, 1.165) is 0 Å². The van der Waals surface area contributed by atoms with Crippen molar-refractivity contribution in [2.24, 2.45) is 0 Å². The number of hydrogen-bond donors (Lipinski definition) is 0. The number of rotatable bonds is 2. The summed E-state index contributed by atoms with van der Waals surface area (Å²) in [6, 6.07) is 0.400. The first kappa shape index (κ1) is 4.57. The predicted octanol–water partition coefficient (Wildman–Crippen LogP) is 1.54. The van der Waals surface area contributed by atoms with Gasteiger partial charge >= 0.3 is 0 Å². The van der Waals surface area contributed by atoms with E-state index in [1.165, 1.54) is 13.0 Å². The van der Waals surface area contributed by atoms with Crippen LogP contribution in [0.25, 0.3) is 0 Å². The number of allylic oxidation sites excluding steroid dienone is 2. The van der Waals surface area contributed by atoms with Gasteiger partial charge in [0.2, 0.25) is 0 Å². The summed E-state index contributed by atoms with van der Waals surface area (Å²) in [4.78, 5) is 10.2. The van der Waals surface area contributed by atoms with Gasteiger partial charge in [-0.2, -0.15) is 0 Å². The maximum Gasteiger partial charge on any atom is 0.152 e. The Morgan fingerprint density at radius 3 is 2.71 bits per heavy atom. The van der Waals surface area contributed by atoms with Gasteiger partial charge in [0.15, 0.2) is 5.78 Å². The van der Waals surface area contributed by atoms with Gasteiger partial charge in [-0.15, -0.1) is 0 Å². The average molecular weight is 99.2 g/mol. The van der Waals surface area contributed by atoms with Crippen LogP contribution in [0, 0.1) is 0 Å². The molecular formula is C6H10O. The molecule has 0 amide bonds. The zero-order valence-corrected chi connectivity index (χ0v) is 4.69. The maximum absolute atomic E-state index is 10.2. The van der Waals surface area contributed by atoms with Crippen molar-refractivity contribution in [1.29, 1.82) is 0 Å². The van der Waals surface area contributed by atoms with Gasteiger partial charge in [0.1, 0.15) is 0 Å². The van der Waals surface area contributed by atoms with E-state index in [1.807, 2.05) is 6.92 Å². The van der Waals surface area contributed by atoms with E-state index < -0.39 is 0 Å². The van der Waals surface area contributed by atoms with Crippen molar-refractivity contribution in [3.8, 4) is 0 Å². The van der Waals surface area contributed by atoms with Crippen LogP contribution in [0.5, 0.6) is 0 Å². The summed E-state index contributed by atoms with van der Waals surface area (Å²) in [6.45, 7) is 3.30. The van der Waals surface area contributed by atoms with Crippen LogP contribution in [-0.2, 0) is 4.79 Å². The highest BCUT2D eigenvalue weighted by Crippen LogP contribution is 1.78. The molecule has 0 fully saturated rings. The van der Waals surface area contributed by atoms with Crippen LogP contribution in [0.15, 0.2) is 12.1 Å². The van der Waals surface area contributed by atoms with Crippen molar-refractivity contribution >= 4 is 5.78 Å². The quantitative estimate of drug-likeness (QED) is 0.480. The Kier molecular flexibility index (Phi) is 2.34. The lowest BCUT2D eigenvalue weighted by molar-refractivity contribution is -0.112. The minimum Gasteiger partial charge on any atom is -0.295 e. The van der Waals surface area contributed by atoms with Crippen LogP contribution in [-0.4, -0.2) is 5.78 Å². The lowest BCUT2D eigenvalue weighted by Crippen LogP contribution is -1.77. The van der Waals surface area contributed by atoms with Crippen molar-refractivity contribution in [1.82, 2.24) is 0 Å². The molecule has 0 rings (SSSR count). The second kappa shape index (κ2) is 3.59. The Labute approximate surface area is 45.4 Å². The van der Waals surface area contributed by atoms with Crippen LogP contribution >= 0.6 is 0 Å². The SMILES string of the molecule is [2H]/C(=C\C(C)=O)CC. The Morgan fingerprint density at radius 1 is 2.00 bits per heavy atom. The van der Waals surface area contributed by atoms with E-state index in [-0.39, 0.29) is 5.78 Å². The van der Waals surface area contributed by atoms with Crippen molar-refractivity contribution in [2.75, 3.05) is 0 Å². The van der Waals surface area contributed by atoms with E-state index in [2.05, 4.69) is 0 Å². The topological polar surface area (TPSA) is 17.1 Å². The second-order valence-corrected chi connectivity index (χ2v) is 1.31. The molecule has 0 aliphatic heterocycles. The van der Waals surface area contributed by atoms with Gasteiger partial charge in [0.25, 0.3) is 0 Å². The summed E-state index contributed by atoms with van der Waals surface area (Å²) >= 11 is 0. The molecule has 0 saturated heterocycles. The summed E-state index contributed by atoms with van der Waals surface area (Å²) < 4.78 is 6.99. The standard InChI is InChI=1S/C6H10O/c1-3-4-5-6(2)7/h4-5H,3H2,1-2H3/b5-4+/i4D. The average Bonchev–Trinajstić information content (AvgIpc) is 1.65. The van der Waals surface area contributed by atoms with Crippen LogP contribution in [0.2, 0.25) is 0 Å². The van der Waals surface area contributed by atoms with E-state index in [0.29, 0.717) is 12.5 Å². The lowest BCUT2D eigenvalue weighted by Gasteiger charge is -1.73. The number of carbonyl (C=O) groups is 1. The normalized spacial score (nSPS) is 13.4. The molecular weight excluding hydrogens is 88.1 g/mol. The highest BCUT2D eigenvalue weighted by molar-refractivity contribution is 5.87. The maximum atomic E-state index is 10.2. The highest BCUT2D eigenvalue weighted by atomic mass is 16.1. The third kappa shape index (κ3) is 5.41. The molecule has 0 aliphatic rings. The van der Waals surface area contributed by atoms with Gasteiger partial charge in [-0.05, 0) is 19.4 Å². The van der Waals surface area contributed by atoms with Crippen LogP contribution in [0.1, 0.15) is 21.6 Å². The number of ketones is 1. The summed E-state index contributed by atoms with van der Waals surface area (Å²) in [7, 11) is 0. The van der Waals surface area contributed by atoms with Crippen LogP contribution in [0.4, 0.5) is 0 Å². The molecule has 0 heterocycles. The van der Waals surface area contributed by atoms with Crippen molar-refractivity contribution < 1.29 is 6.17 Å². The molecule has 0 unspecified atom stereocenters. The molecule has 0 spiro atoms. The predicted molar refractivity (Wildman–Crippen MR) is 30.1 cm³/mol. The first-order valence-corrected chi connectivity index (χ1v) is 2.34. The van der Waals surface area contributed by atoms with E-state index >= 15 is 0 Å². The zero-order valence-electron chi connectivity index (χ0n) is 5.69. The fraction of sp³-hybridized carbons (Fsp3) is 0.500. The monoisotopic (exact) mass is 99.1 g/mol. The minimum absolute atomic E-state index is 0.0446. The van der Waals surface area contributed by atoms with Gasteiger partial charge in [0.05, 0.1) is 1.37 Å². The molecule has 0 aliphatic carbocycles. The lowest BCUT2D eigenvalue weighted by atomic mass is 10.3. The summed E-state index contributed by atoms with van der Waals surface area (Å²) in [5.74, 6) is -0.0446. The zero-order chi connectivity index (χ0) is 6.57. The van der Waals surface area contributed by atoms with Crippen molar-refractivity contribution in [3.05, 3.63) is 12.1 Å². The van der Waals surface area contributed by atoms with Crippen molar-refractivity contribution in [2.45, 2.75) is 20.3 Å². The Balaban J connectivity index is 3.75. The number of hydrogen-bond acceptors (Lipinski definition) is 1. The summed E-state index contributed by atoms with van der Waals surface area (Å²) in [5.41, 5.74) is 0. The summed E-state index contributed by atoms with van der Waals surface area (Å²) in [5, 5.41) is 0. The molecule has 0 radical (unpaired) electrons. The molecule has 0 aromatic rings. The van der Waals surface area contributed by atoms with E-state index in [4.69, 9.17) is 1.37 Å². The van der Waals surface area contributed by atoms with E-state index in [9.17, 15) is 4.79 Å². The molecule has 0 atom stereocenters. The third-order valence-corrected chi connectivity index (χ3v) is 0.509. The minimum atomic E-state index is -0.0446. The summed E-state index contributed by atoms with van der Waals surface area (Å²) in [6.07, 6.45) is 1.97. The molecule has 0 aromatic heterocycles. The van der Waals surface area contributed by atoms with Gasteiger partial charge in [-0.1, -0.05) is 13.0 Å². The fourth-order valence-corrected chi connectivity index (χ4v) is 0.246. The Morgan fingerprint density at radius 2 is 2.57 bits per heavy atom. The van der Waals surface area contributed by atoms with Gasteiger partial charge < -0.3 is 0 Å². The third-order valence-electron chi connectivity index (χ3n) is 0.509. The fourth-order valence-electron chi connectivity index (χ4n) is 0.246. The largest absolute Gasteiger partial charge is 0.295 e. The number of carbonyl (C=O) groups excluding carboxylic acids is 1. The molecule has 1 heteroatoms. The first-order chi connectivity index (χ1) is 3.66. The van der Waals surface area contributed by atoms with E-state index in [1.54, 1.807) is 0 Å². The highest BCUT2D eigenvalue weighted by Gasteiger charge is 1.75. The molecule has 40 valence electrons. The van der Waals surface area contributed by atoms with Crippen LogP contribution in [0.3, 0.4) is 0 Å². The Hall–Kier alpha value is -0.590. The smallest absolute Gasteiger partial charge is 0.152 e. The molecule has 0 aromatic carbocycles. The Bertz CT molecular complexity index is 116. The molecule has 1 nitrogen and oxygen atoms in total. The van der Waals surface area contributed by atoms with Gasteiger partial charge in [-0.25, -0.2) is 0 Å². The first-order valence-electron chi connectivity index (χ1n) is 2.84. The second-order valence-electron chi connectivity index (χ2n) is 1.31. The van der Waals surface area contributed by atoms with Crippen LogP contribution < -0.4 is 0 Å². The van der Waals surface area contributed by atoms with Crippen molar-refractivity contribution in [3.63, 3.8) is 0 Å². The van der Waals surface area contributed by atoms with Gasteiger partial charge in [-0.3, -0.25) is 4.79 Å².